The molecule has 0 radical (unpaired) electrons. The van der Waals surface area contributed by atoms with Gasteiger partial charge in [0.2, 0.25) is 5.91 Å². The highest BCUT2D eigenvalue weighted by molar-refractivity contribution is 8.06. The first-order chi connectivity index (χ1) is 12.3. The van der Waals surface area contributed by atoms with Crippen molar-refractivity contribution in [2.24, 2.45) is 17.6 Å². The van der Waals surface area contributed by atoms with Crippen LogP contribution in [0.1, 0.15) is 29.2 Å². The molecule has 0 saturated carbocycles. The van der Waals surface area contributed by atoms with E-state index in [0.29, 0.717) is 9.78 Å². The molecule has 0 unspecified atom stereocenters. The number of primary amides is 1. The van der Waals surface area contributed by atoms with Gasteiger partial charge in [-0.3, -0.25) is 9.59 Å². The third kappa shape index (κ3) is 2.83. The number of thiazole rings is 1. The number of aliphatic carboxylic acids is 1. The summed E-state index contributed by atoms with van der Waals surface area (Å²) in [4.78, 5) is 41.5. The second-order valence-corrected chi connectivity index (χ2v) is 7.96. The lowest BCUT2D eigenvalue weighted by Crippen LogP contribution is -2.63. The fraction of sp³-hybridized carbons (Fsp3) is 0.375. The second-order valence-electron chi connectivity index (χ2n) is 6.12. The van der Waals surface area contributed by atoms with E-state index in [4.69, 9.17) is 5.73 Å². The molecule has 1 saturated heterocycles. The van der Waals surface area contributed by atoms with Crippen LogP contribution in [0.3, 0.4) is 0 Å². The second kappa shape index (κ2) is 6.86. The van der Waals surface area contributed by atoms with Crippen molar-refractivity contribution >= 4 is 47.0 Å². The van der Waals surface area contributed by atoms with E-state index in [9.17, 15) is 24.6 Å². The van der Waals surface area contributed by atoms with Crippen LogP contribution in [0, 0.1) is 11.8 Å². The number of carboxylic acid groups (broad SMARTS) is 1. The number of rotatable bonds is 6. The van der Waals surface area contributed by atoms with E-state index in [0.717, 1.165) is 0 Å². The smallest absolute Gasteiger partial charge is 0.353 e. The molecule has 4 atom stereocenters. The van der Waals surface area contributed by atoms with Crippen LogP contribution >= 0.6 is 23.1 Å². The van der Waals surface area contributed by atoms with Crippen LogP contribution in [0.2, 0.25) is 0 Å². The Morgan fingerprint density at radius 3 is 2.77 bits per heavy atom. The minimum Gasteiger partial charge on any atom is -0.477 e. The van der Waals surface area contributed by atoms with Gasteiger partial charge < -0.3 is 20.8 Å². The van der Waals surface area contributed by atoms with Crippen molar-refractivity contribution in [3.63, 3.8) is 0 Å². The summed E-state index contributed by atoms with van der Waals surface area (Å²) in [5.74, 6) is -2.99. The molecule has 0 aliphatic carbocycles. The normalized spacial score (nSPS) is 26.2. The number of hydrogen-bond donors (Lipinski definition) is 3. The summed E-state index contributed by atoms with van der Waals surface area (Å²) in [6, 6.07) is -0.353. The molecule has 4 N–H and O–H groups in total. The first kappa shape index (κ1) is 18.6. The molecule has 1 fully saturated rings. The number of aromatic nitrogens is 1. The maximum atomic E-state index is 12.3. The van der Waals surface area contributed by atoms with Crippen molar-refractivity contribution in [1.29, 1.82) is 0 Å². The molecule has 2 aliphatic rings. The number of hydrogen-bond acceptors (Lipinski definition) is 7. The third-order valence-corrected chi connectivity index (χ3v) is 6.44. The van der Waals surface area contributed by atoms with Gasteiger partial charge in [-0.1, -0.05) is 18.7 Å². The van der Waals surface area contributed by atoms with Crippen LogP contribution in [-0.2, 0) is 9.59 Å². The lowest BCUT2D eigenvalue weighted by molar-refractivity contribution is -0.163. The standard InChI is InChI=1S/C16H17N3O5S2/c1-6-11-9(7(2)20)15(22)19(11)12(16(23)24)13(6)25-4-3-8-10(14(17)21)18-5-26-8/h3-7,9,11,20H,1-2H3,(H2,17,21)(H,23,24)/b4-3-/t6-,7-,9-,11-/m1/s1. The molecule has 0 aromatic carbocycles. The largest absolute Gasteiger partial charge is 0.477 e. The van der Waals surface area contributed by atoms with E-state index in [1.807, 2.05) is 6.92 Å². The lowest BCUT2D eigenvalue weighted by atomic mass is 9.79. The Hall–Kier alpha value is -2.17. The Morgan fingerprint density at radius 2 is 2.19 bits per heavy atom. The van der Waals surface area contributed by atoms with Gasteiger partial charge in [-0.15, -0.1) is 11.3 Å². The molecule has 3 heterocycles. The molecule has 1 aromatic heterocycles. The Bertz CT molecular complexity index is 845. The molecule has 0 spiro atoms. The Balaban J connectivity index is 1.85. The van der Waals surface area contributed by atoms with Crippen molar-refractivity contribution < 1.29 is 24.6 Å². The van der Waals surface area contributed by atoms with Crippen LogP contribution in [0.4, 0.5) is 0 Å². The minimum absolute atomic E-state index is 0.0431. The van der Waals surface area contributed by atoms with Crippen LogP contribution in [0.15, 0.2) is 21.5 Å². The van der Waals surface area contributed by atoms with Gasteiger partial charge in [0.15, 0.2) is 0 Å². The number of carbonyl (C=O) groups excluding carboxylic acids is 2. The van der Waals surface area contributed by atoms with Crippen molar-refractivity contribution in [3.05, 3.63) is 32.1 Å². The average molecular weight is 395 g/mol. The highest BCUT2D eigenvalue weighted by Crippen LogP contribution is 2.50. The fourth-order valence-corrected chi connectivity index (χ4v) is 5.18. The van der Waals surface area contributed by atoms with E-state index in [1.165, 1.54) is 40.4 Å². The van der Waals surface area contributed by atoms with E-state index in [1.54, 1.807) is 11.5 Å². The van der Waals surface area contributed by atoms with Gasteiger partial charge in [0.1, 0.15) is 11.4 Å². The maximum Gasteiger partial charge on any atom is 0.353 e. The molecule has 26 heavy (non-hydrogen) atoms. The first-order valence-corrected chi connectivity index (χ1v) is 9.56. The maximum absolute atomic E-state index is 12.3. The number of fused-ring (bicyclic) bond motifs is 1. The van der Waals surface area contributed by atoms with E-state index >= 15 is 0 Å². The number of nitrogens with two attached hydrogens (primary N) is 1. The molecule has 10 heteroatoms. The van der Waals surface area contributed by atoms with Crippen molar-refractivity contribution in [1.82, 2.24) is 9.88 Å². The number of aliphatic hydroxyl groups is 1. The van der Waals surface area contributed by atoms with E-state index in [-0.39, 0.29) is 29.3 Å². The summed E-state index contributed by atoms with van der Waals surface area (Å²) in [6.07, 6.45) is 0.807. The van der Waals surface area contributed by atoms with Gasteiger partial charge in [-0.05, 0) is 18.4 Å². The van der Waals surface area contributed by atoms with Crippen LogP contribution in [-0.4, -0.2) is 50.0 Å². The molecule has 1 aromatic rings. The highest BCUT2D eigenvalue weighted by Gasteiger charge is 2.59. The van der Waals surface area contributed by atoms with Gasteiger partial charge >= 0.3 is 5.97 Å². The number of amides is 2. The molecular weight excluding hydrogens is 378 g/mol. The summed E-state index contributed by atoms with van der Waals surface area (Å²) in [5.41, 5.74) is 6.87. The first-order valence-electron chi connectivity index (χ1n) is 7.80. The van der Waals surface area contributed by atoms with Crippen molar-refractivity contribution in [2.75, 3.05) is 0 Å². The molecule has 3 rings (SSSR count). The zero-order valence-electron chi connectivity index (χ0n) is 13.9. The highest BCUT2D eigenvalue weighted by atomic mass is 32.2. The quantitative estimate of drug-likeness (QED) is 0.614. The summed E-state index contributed by atoms with van der Waals surface area (Å²) in [7, 11) is 0. The van der Waals surface area contributed by atoms with Crippen molar-refractivity contribution in [2.45, 2.75) is 26.0 Å². The van der Waals surface area contributed by atoms with E-state index < -0.39 is 23.9 Å². The Morgan fingerprint density at radius 1 is 1.50 bits per heavy atom. The summed E-state index contributed by atoms with van der Waals surface area (Å²) < 4.78 is 0. The molecule has 8 nitrogen and oxygen atoms in total. The van der Waals surface area contributed by atoms with Gasteiger partial charge in [-0.2, -0.15) is 0 Å². The molecule has 0 bridgehead atoms. The fourth-order valence-electron chi connectivity index (χ4n) is 3.41. The van der Waals surface area contributed by atoms with Crippen LogP contribution < -0.4 is 5.73 Å². The van der Waals surface area contributed by atoms with E-state index in [2.05, 4.69) is 4.98 Å². The summed E-state index contributed by atoms with van der Waals surface area (Å²) in [5, 5.41) is 21.0. The number of carboxylic acids is 1. The lowest BCUT2D eigenvalue weighted by Gasteiger charge is -2.46. The average Bonchev–Trinajstić information content (AvgIpc) is 3.10. The predicted molar refractivity (Wildman–Crippen MR) is 96.9 cm³/mol. The topological polar surface area (TPSA) is 134 Å². The predicted octanol–water partition coefficient (Wildman–Crippen LogP) is 1.10. The minimum atomic E-state index is -1.18. The number of β-lactam (4-membered cyclic amide) rings is 1. The zero-order chi connectivity index (χ0) is 19.2. The summed E-state index contributed by atoms with van der Waals surface area (Å²) >= 11 is 2.42. The Kier molecular flexibility index (Phi) is 4.91. The van der Waals surface area contributed by atoms with Gasteiger partial charge in [0.05, 0.1) is 28.5 Å². The number of carbonyl (C=O) groups is 3. The zero-order valence-corrected chi connectivity index (χ0v) is 15.6. The van der Waals surface area contributed by atoms with Gasteiger partial charge in [0.25, 0.3) is 5.91 Å². The van der Waals surface area contributed by atoms with Crippen LogP contribution in [0.25, 0.3) is 6.08 Å². The molecular formula is C16H17N3O5S2. The van der Waals surface area contributed by atoms with Crippen LogP contribution in [0.5, 0.6) is 0 Å². The number of aliphatic hydroxyl groups excluding tert-OH is 1. The van der Waals surface area contributed by atoms with Gasteiger partial charge in [0, 0.05) is 10.8 Å². The Labute approximate surface area is 157 Å². The number of nitrogens with zero attached hydrogens (tertiary/aromatic N) is 2. The molecule has 2 amide bonds. The van der Waals surface area contributed by atoms with Gasteiger partial charge in [-0.25, -0.2) is 9.78 Å². The third-order valence-electron chi connectivity index (χ3n) is 4.55. The van der Waals surface area contributed by atoms with Crippen molar-refractivity contribution in [3.8, 4) is 0 Å². The molecule has 138 valence electrons. The SMILES string of the molecule is C[C@@H](O)[C@H]1C(=O)N2C(C(=O)O)=C(S/C=C\c3scnc3C(N)=O)[C@H](C)[C@H]12. The monoisotopic (exact) mass is 395 g/mol. The number of thioether (sulfide) groups is 1. The molecule has 2 aliphatic heterocycles. The summed E-state index contributed by atoms with van der Waals surface area (Å²) in [6.45, 7) is 3.38.